The van der Waals surface area contributed by atoms with Gasteiger partial charge in [-0.25, -0.2) is 4.79 Å². The van der Waals surface area contributed by atoms with Crippen LogP contribution < -0.4 is 9.47 Å². The van der Waals surface area contributed by atoms with Crippen molar-refractivity contribution in [1.29, 1.82) is 0 Å². The molecule has 188 valence electrons. The van der Waals surface area contributed by atoms with E-state index in [1.54, 1.807) is 0 Å². The summed E-state index contributed by atoms with van der Waals surface area (Å²) in [6.07, 6.45) is 15.1. The van der Waals surface area contributed by atoms with E-state index in [1.165, 1.54) is 63.4 Å². The molecule has 0 amide bonds. The van der Waals surface area contributed by atoms with Crippen LogP contribution >= 0.6 is 0 Å². The topological polar surface area (TPSA) is 55.8 Å². The monoisotopic (exact) mass is 460 g/mol. The third-order valence-electron chi connectivity index (χ3n) is 7.49. The number of unbranched alkanes of at least 4 members (excludes halogenated alkanes) is 2. The van der Waals surface area contributed by atoms with Crippen molar-refractivity contribution in [3.05, 3.63) is 22.8 Å². The summed E-state index contributed by atoms with van der Waals surface area (Å²) in [4.78, 5) is 10.9. The first kappa shape index (κ1) is 27.5. The molecule has 0 saturated heterocycles. The average Bonchev–Trinajstić information content (AvgIpc) is 2.73. The van der Waals surface area contributed by atoms with Crippen LogP contribution in [0.15, 0.2) is 6.07 Å². The zero-order chi connectivity index (χ0) is 24.4. The molecule has 0 radical (unpaired) electrons. The van der Waals surface area contributed by atoms with Crippen LogP contribution in [0, 0.1) is 25.7 Å². The summed E-state index contributed by atoms with van der Waals surface area (Å²) in [5.41, 5.74) is 3.00. The predicted molar refractivity (Wildman–Crippen MR) is 137 cm³/mol. The number of ether oxygens (including phenoxy) is 2. The van der Waals surface area contributed by atoms with Gasteiger partial charge in [-0.15, -0.1) is 0 Å². The normalized spacial score (nSPS) is 19.5. The molecule has 1 aliphatic rings. The van der Waals surface area contributed by atoms with Gasteiger partial charge in [0.25, 0.3) is 0 Å². The molecule has 0 aliphatic carbocycles. The van der Waals surface area contributed by atoms with Crippen molar-refractivity contribution in [2.45, 2.75) is 124 Å². The predicted octanol–water partition coefficient (Wildman–Crippen LogP) is 8.04. The van der Waals surface area contributed by atoms with E-state index >= 15 is 0 Å². The minimum Gasteiger partial charge on any atom is -0.487 e. The molecule has 0 spiro atoms. The number of aryl methyl sites for hydroxylation is 1. The van der Waals surface area contributed by atoms with Crippen LogP contribution in [0.25, 0.3) is 0 Å². The third-order valence-corrected chi connectivity index (χ3v) is 7.49. The van der Waals surface area contributed by atoms with E-state index in [2.05, 4.69) is 27.7 Å². The first-order chi connectivity index (χ1) is 15.6. The van der Waals surface area contributed by atoms with Crippen LogP contribution in [0.3, 0.4) is 0 Å². The lowest BCUT2D eigenvalue weighted by Crippen LogP contribution is -2.36. The molecule has 3 unspecified atom stereocenters. The second kappa shape index (κ2) is 13.2. The molecule has 33 heavy (non-hydrogen) atoms. The van der Waals surface area contributed by atoms with E-state index in [0.29, 0.717) is 5.75 Å². The number of fused-ring (bicyclic) bond motifs is 1. The van der Waals surface area contributed by atoms with Crippen molar-refractivity contribution < 1.29 is 19.4 Å². The Hall–Kier alpha value is -1.71. The summed E-state index contributed by atoms with van der Waals surface area (Å²) in [6, 6.07) is 2.03. The maximum Gasteiger partial charge on any atom is 0.341 e. The Morgan fingerprint density at radius 2 is 1.73 bits per heavy atom. The number of carboxylic acid groups (broad SMARTS) is 1. The van der Waals surface area contributed by atoms with Crippen LogP contribution in [0.5, 0.6) is 11.5 Å². The van der Waals surface area contributed by atoms with Gasteiger partial charge in [0.1, 0.15) is 17.1 Å². The van der Waals surface area contributed by atoms with Crippen LogP contribution in [0.4, 0.5) is 0 Å². The molecule has 1 aromatic rings. The van der Waals surface area contributed by atoms with Gasteiger partial charge >= 0.3 is 5.97 Å². The number of rotatable bonds is 15. The molecule has 0 aromatic heterocycles. The third kappa shape index (κ3) is 8.87. The van der Waals surface area contributed by atoms with Gasteiger partial charge in [-0.1, -0.05) is 72.1 Å². The highest BCUT2D eigenvalue weighted by Gasteiger charge is 2.33. The molecule has 1 aromatic carbocycles. The van der Waals surface area contributed by atoms with Gasteiger partial charge in [0.05, 0.1) is 0 Å². The quantitative estimate of drug-likeness (QED) is 0.269. The second-order valence-electron chi connectivity index (χ2n) is 10.9. The molecule has 2 rings (SSSR count). The number of hydrogen-bond donors (Lipinski definition) is 1. The summed E-state index contributed by atoms with van der Waals surface area (Å²) in [7, 11) is 0. The largest absolute Gasteiger partial charge is 0.487 e. The van der Waals surface area contributed by atoms with Gasteiger partial charge in [0.2, 0.25) is 0 Å². The Kier molecular flexibility index (Phi) is 11.1. The maximum absolute atomic E-state index is 10.9. The number of carboxylic acids is 1. The molecule has 1 heterocycles. The lowest BCUT2D eigenvalue weighted by molar-refractivity contribution is -0.139. The Morgan fingerprint density at radius 3 is 2.36 bits per heavy atom. The molecular formula is C29H48O4. The summed E-state index contributed by atoms with van der Waals surface area (Å²) in [5.74, 6) is 2.35. The summed E-state index contributed by atoms with van der Waals surface area (Å²) < 4.78 is 12.1. The van der Waals surface area contributed by atoms with Crippen molar-refractivity contribution in [1.82, 2.24) is 0 Å². The SMILES string of the molecule is CCCCCC(C)CCCC(C)CCCC1(C)CCc2c(cc(C)c(OCC(=O)O)c2C)O1. The van der Waals surface area contributed by atoms with E-state index in [-0.39, 0.29) is 12.2 Å². The Labute approximate surface area is 202 Å². The van der Waals surface area contributed by atoms with Crippen LogP contribution in [0.1, 0.15) is 115 Å². The highest BCUT2D eigenvalue weighted by Crippen LogP contribution is 2.42. The van der Waals surface area contributed by atoms with Crippen LogP contribution in [-0.2, 0) is 11.2 Å². The number of carbonyl (C=O) groups is 1. The second-order valence-corrected chi connectivity index (χ2v) is 10.9. The summed E-state index contributed by atoms with van der Waals surface area (Å²) in [5, 5.41) is 8.95. The lowest BCUT2D eigenvalue weighted by atomic mass is 9.85. The van der Waals surface area contributed by atoms with Gasteiger partial charge in [-0.2, -0.15) is 0 Å². The van der Waals surface area contributed by atoms with Gasteiger partial charge < -0.3 is 14.6 Å². The molecule has 1 N–H and O–H groups in total. The molecule has 4 nitrogen and oxygen atoms in total. The van der Waals surface area contributed by atoms with E-state index in [1.807, 2.05) is 19.9 Å². The van der Waals surface area contributed by atoms with Crippen molar-refractivity contribution in [2.75, 3.05) is 6.61 Å². The molecule has 1 aliphatic heterocycles. The fraction of sp³-hybridized carbons (Fsp3) is 0.759. The zero-order valence-corrected chi connectivity index (χ0v) is 22.1. The van der Waals surface area contributed by atoms with Crippen molar-refractivity contribution in [3.8, 4) is 11.5 Å². The standard InChI is InChI=1S/C29H48O4/c1-7-8-9-12-21(2)13-10-14-22(3)15-11-17-29(6)18-16-25-24(5)28(32-20-27(30)31)23(4)19-26(25)33-29/h19,21-22H,7-18,20H2,1-6H3,(H,30,31). The fourth-order valence-electron chi connectivity index (χ4n) is 5.28. The summed E-state index contributed by atoms with van der Waals surface area (Å²) in [6.45, 7) is 13.0. The smallest absolute Gasteiger partial charge is 0.341 e. The molecule has 0 saturated carbocycles. The molecule has 0 fully saturated rings. The molecule has 4 heteroatoms. The first-order valence-electron chi connectivity index (χ1n) is 13.3. The van der Waals surface area contributed by atoms with E-state index < -0.39 is 5.97 Å². The van der Waals surface area contributed by atoms with E-state index in [0.717, 1.165) is 48.0 Å². The fourth-order valence-corrected chi connectivity index (χ4v) is 5.28. The number of benzene rings is 1. The average molecular weight is 461 g/mol. The van der Waals surface area contributed by atoms with Gasteiger partial charge in [-0.05, 0) is 75.5 Å². The van der Waals surface area contributed by atoms with Crippen molar-refractivity contribution >= 4 is 5.97 Å². The Bertz CT molecular complexity index is 756. The van der Waals surface area contributed by atoms with Crippen LogP contribution in [-0.4, -0.2) is 23.3 Å². The summed E-state index contributed by atoms with van der Waals surface area (Å²) >= 11 is 0. The van der Waals surface area contributed by atoms with Gasteiger partial charge in [0, 0.05) is 5.56 Å². The molecular weight excluding hydrogens is 412 g/mol. The van der Waals surface area contributed by atoms with Crippen molar-refractivity contribution in [3.63, 3.8) is 0 Å². The highest BCUT2D eigenvalue weighted by molar-refractivity contribution is 5.69. The molecule has 0 bridgehead atoms. The lowest BCUT2D eigenvalue weighted by Gasteiger charge is -2.37. The van der Waals surface area contributed by atoms with Gasteiger partial charge in [0.15, 0.2) is 6.61 Å². The van der Waals surface area contributed by atoms with Crippen LogP contribution in [0.2, 0.25) is 0 Å². The molecule has 3 atom stereocenters. The Morgan fingerprint density at radius 1 is 1.09 bits per heavy atom. The number of aliphatic carboxylic acids is 1. The zero-order valence-electron chi connectivity index (χ0n) is 22.1. The first-order valence-corrected chi connectivity index (χ1v) is 13.3. The maximum atomic E-state index is 10.9. The number of hydrogen-bond acceptors (Lipinski definition) is 3. The van der Waals surface area contributed by atoms with E-state index in [4.69, 9.17) is 14.6 Å². The minimum atomic E-state index is -0.953. The van der Waals surface area contributed by atoms with Crippen molar-refractivity contribution in [2.24, 2.45) is 11.8 Å². The Balaban J connectivity index is 1.79. The van der Waals surface area contributed by atoms with E-state index in [9.17, 15) is 4.79 Å². The van der Waals surface area contributed by atoms with Gasteiger partial charge in [-0.3, -0.25) is 0 Å². The highest BCUT2D eigenvalue weighted by atomic mass is 16.5. The minimum absolute atomic E-state index is 0.122.